The van der Waals surface area contributed by atoms with Crippen LogP contribution in [0.25, 0.3) is 0 Å². The molecule has 7 heteroatoms. The molecule has 0 fully saturated rings. The number of benzene rings is 2. The van der Waals surface area contributed by atoms with Gasteiger partial charge in [-0.1, -0.05) is 57.9 Å². The third kappa shape index (κ3) is 4.99. The lowest BCUT2D eigenvalue weighted by Crippen LogP contribution is -2.43. The molecule has 1 atom stereocenters. The summed E-state index contributed by atoms with van der Waals surface area (Å²) in [5, 5.41) is 10.2. The predicted octanol–water partition coefficient (Wildman–Crippen LogP) is 5.28. The second-order valence-corrected chi connectivity index (χ2v) is 7.24. The van der Waals surface area contributed by atoms with Gasteiger partial charge in [-0.2, -0.15) is 0 Å². The molecule has 138 valence electrons. The highest BCUT2D eigenvalue weighted by molar-refractivity contribution is 9.10. The van der Waals surface area contributed by atoms with Gasteiger partial charge >= 0.3 is 12.1 Å². The third-order valence-electron chi connectivity index (χ3n) is 3.74. The summed E-state index contributed by atoms with van der Waals surface area (Å²) >= 11 is 9.36. The number of hydrogen-bond donors (Lipinski definition) is 1. The minimum atomic E-state index is -1.23. The minimum absolute atomic E-state index is 0.0615. The Labute approximate surface area is 165 Å². The minimum Gasteiger partial charge on any atom is -0.479 e. The number of nitrogens with zero attached hydrogens (tertiary/aromatic N) is 1. The summed E-state index contributed by atoms with van der Waals surface area (Å²) < 4.78 is 5.90. The Morgan fingerprint density at radius 3 is 2.42 bits per heavy atom. The standard InChI is InChI=1S/C19H19BrClNO4/c1-12(2)22(19(25)26-11-13-6-4-3-5-7-13)17(18(23)24)15-10-14(21)8-9-16(15)20/h3-10,12,17H,11H2,1-2H3,(H,23,24). The first-order valence-corrected chi connectivity index (χ1v) is 9.15. The van der Waals surface area contributed by atoms with Gasteiger partial charge in [0.2, 0.25) is 0 Å². The van der Waals surface area contributed by atoms with Crippen molar-refractivity contribution in [3.8, 4) is 0 Å². The summed E-state index contributed by atoms with van der Waals surface area (Å²) in [5.74, 6) is -1.17. The van der Waals surface area contributed by atoms with E-state index < -0.39 is 24.1 Å². The smallest absolute Gasteiger partial charge is 0.411 e. The molecule has 0 aliphatic heterocycles. The number of carboxylic acids is 1. The first-order chi connectivity index (χ1) is 12.3. The summed E-state index contributed by atoms with van der Waals surface area (Å²) in [7, 11) is 0. The number of carbonyl (C=O) groups excluding carboxylic acids is 1. The summed E-state index contributed by atoms with van der Waals surface area (Å²) in [6.45, 7) is 3.53. The zero-order valence-corrected chi connectivity index (χ0v) is 16.7. The molecule has 26 heavy (non-hydrogen) atoms. The summed E-state index contributed by atoms with van der Waals surface area (Å²) in [5.41, 5.74) is 1.20. The van der Waals surface area contributed by atoms with Gasteiger partial charge in [0, 0.05) is 21.1 Å². The maximum atomic E-state index is 12.7. The van der Waals surface area contributed by atoms with Crippen LogP contribution in [0.2, 0.25) is 5.02 Å². The molecule has 0 spiro atoms. The van der Waals surface area contributed by atoms with Gasteiger partial charge in [-0.05, 0) is 37.6 Å². The van der Waals surface area contributed by atoms with Gasteiger partial charge < -0.3 is 9.84 Å². The van der Waals surface area contributed by atoms with Crippen LogP contribution in [-0.4, -0.2) is 28.1 Å². The summed E-state index contributed by atoms with van der Waals surface area (Å²) in [4.78, 5) is 25.8. The van der Waals surface area contributed by atoms with E-state index in [-0.39, 0.29) is 6.61 Å². The lowest BCUT2D eigenvalue weighted by atomic mass is 10.0. The Morgan fingerprint density at radius 1 is 1.19 bits per heavy atom. The van der Waals surface area contributed by atoms with E-state index in [4.69, 9.17) is 16.3 Å². The quantitative estimate of drug-likeness (QED) is 0.664. The molecule has 1 N–H and O–H groups in total. The van der Waals surface area contributed by atoms with Crippen molar-refractivity contribution in [1.29, 1.82) is 0 Å². The zero-order valence-electron chi connectivity index (χ0n) is 14.4. The molecule has 1 amide bonds. The van der Waals surface area contributed by atoms with E-state index >= 15 is 0 Å². The third-order valence-corrected chi connectivity index (χ3v) is 4.69. The van der Waals surface area contributed by atoms with Crippen LogP contribution in [-0.2, 0) is 16.1 Å². The summed E-state index contributed by atoms with van der Waals surface area (Å²) in [6.07, 6.45) is -0.705. The average molecular weight is 441 g/mol. The van der Waals surface area contributed by atoms with Crippen LogP contribution in [0, 0.1) is 0 Å². The van der Waals surface area contributed by atoms with Crippen molar-refractivity contribution in [1.82, 2.24) is 4.90 Å². The van der Waals surface area contributed by atoms with Crippen molar-refractivity contribution in [2.45, 2.75) is 32.5 Å². The fraction of sp³-hybridized carbons (Fsp3) is 0.263. The van der Waals surface area contributed by atoms with Crippen molar-refractivity contribution in [2.24, 2.45) is 0 Å². The molecule has 2 rings (SSSR count). The Kier molecular flexibility index (Phi) is 7.06. The molecule has 0 saturated carbocycles. The van der Waals surface area contributed by atoms with Crippen molar-refractivity contribution < 1.29 is 19.4 Å². The number of amides is 1. The molecule has 0 saturated heterocycles. The van der Waals surface area contributed by atoms with Crippen LogP contribution in [0.1, 0.15) is 31.0 Å². The van der Waals surface area contributed by atoms with E-state index in [1.54, 1.807) is 26.0 Å². The Bertz CT molecular complexity index is 782. The zero-order chi connectivity index (χ0) is 19.3. The van der Waals surface area contributed by atoms with Gasteiger partial charge in [-0.15, -0.1) is 0 Å². The van der Waals surface area contributed by atoms with Gasteiger partial charge in [0.25, 0.3) is 0 Å². The molecule has 0 aromatic heterocycles. The van der Waals surface area contributed by atoms with Crippen molar-refractivity contribution in [3.63, 3.8) is 0 Å². The van der Waals surface area contributed by atoms with Crippen molar-refractivity contribution >= 4 is 39.6 Å². The van der Waals surface area contributed by atoms with Crippen LogP contribution >= 0.6 is 27.5 Å². The second-order valence-electron chi connectivity index (χ2n) is 5.95. The highest BCUT2D eigenvalue weighted by Crippen LogP contribution is 2.32. The molecule has 0 radical (unpaired) electrons. The maximum absolute atomic E-state index is 12.7. The Morgan fingerprint density at radius 2 is 1.85 bits per heavy atom. The van der Waals surface area contributed by atoms with E-state index in [0.29, 0.717) is 15.1 Å². The summed E-state index contributed by atoms with van der Waals surface area (Å²) in [6, 6.07) is 12.4. The number of hydrogen-bond acceptors (Lipinski definition) is 3. The van der Waals surface area contributed by atoms with Crippen molar-refractivity contribution in [3.05, 3.63) is 69.2 Å². The number of carbonyl (C=O) groups is 2. The van der Waals surface area contributed by atoms with Gasteiger partial charge in [0.15, 0.2) is 6.04 Å². The molecule has 0 bridgehead atoms. The molecular formula is C19H19BrClNO4. The van der Waals surface area contributed by atoms with E-state index in [1.165, 1.54) is 11.0 Å². The number of carboxylic acid groups (broad SMARTS) is 1. The average Bonchev–Trinajstić information content (AvgIpc) is 2.60. The van der Waals surface area contributed by atoms with Gasteiger partial charge in [0.05, 0.1) is 0 Å². The monoisotopic (exact) mass is 439 g/mol. The molecule has 0 aliphatic carbocycles. The number of rotatable bonds is 6. The van der Waals surface area contributed by atoms with Crippen molar-refractivity contribution in [2.75, 3.05) is 0 Å². The molecule has 0 heterocycles. The first kappa shape index (κ1) is 20.3. The largest absolute Gasteiger partial charge is 0.479 e. The highest BCUT2D eigenvalue weighted by Gasteiger charge is 2.35. The second kappa shape index (κ2) is 9.05. The molecule has 2 aromatic rings. The topological polar surface area (TPSA) is 66.8 Å². The SMILES string of the molecule is CC(C)N(C(=O)OCc1ccccc1)C(C(=O)O)c1cc(Cl)ccc1Br. The van der Waals surface area contributed by atoms with E-state index in [2.05, 4.69) is 15.9 Å². The highest BCUT2D eigenvalue weighted by atomic mass is 79.9. The molecule has 5 nitrogen and oxygen atoms in total. The van der Waals surface area contributed by atoms with Gasteiger partial charge in [-0.25, -0.2) is 9.59 Å². The van der Waals surface area contributed by atoms with Crippen LogP contribution in [0.15, 0.2) is 53.0 Å². The number of aliphatic carboxylic acids is 1. The van der Waals surface area contributed by atoms with E-state index in [1.807, 2.05) is 30.3 Å². The van der Waals surface area contributed by atoms with Gasteiger partial charge in [-0.3, -0.25) is 4.90 Å². The van der Waals surface area contributed by atoms with Crippen LogP contribution < -0.4 is 0 Å². The molecular weight excluding hydrogens is 422 g/mol. The fourth-order valence-corrected chi connectivity index (χ4v) is 3.18. The van der Waals surface area contributed by atoms with Crippen LogP contribution in [0.5, 0.6) is 0 Å². The molecule has 2 aromatic carbocycles. The normalized spacial score (nSPS) is 11.9. The Hall–Kier alpha value is -2.05. The lowest BCUT2D eigenvalue weighted by Gasteiger charge is -2.32. The van der Waals surface area contributed by atoms with Crippen LogP contribution in [0.3, 0.4) is 0 Å². The Balaban J connectivity index is 2.30. The predicted molar refractivity (Wildman–Crippen MR) is 103 cm³/mol. The number of halogens is 2. The number of ether oxygens (including phenoxy) is 1. The lowest BCUT2D eigenvalue weighted by molar-refractivity contribution is -0.143. The van der Waals surface area contributed by atoms with E-state index in [9.17, 15) is 14.7 Å². The molecule has 1 unspecified atom stereocenters. The van der Waals surface area contributed by atoms with Gasteiger partial charge in [0.1, 0.15) is 6.61 Å². The fourth-order valence-electron chi connectivity index (χ4n) is 2.53. The van der Waals surface area contributed by atoms with Crippen LogP contribution in [0.4, 0.5) is 4.79 Å². The first-order valence-electron chi connectivity index (χ1n) is 7.98. The maximum Gasteiger partial charge on any atom is 0.411 e. The molecule has 0 aliphatic rings. The van der Waals surface area contributed by atoms with E-state index in [0.717, 1.165) is 5.56 Å².